The molecular weight excluding hydrogens is 362 g/mol. The third-order valence-electron chi connectivity index (χ3n) is 4.80. The molecule has 0 unspecified atom stereocenters. The van der Waals surface area contributed by atoms with E-state index in [0.717, 1.165) is 30.6 Å². The summed E-state index contributed by atoms with van der Waals surface area (Å²) in [6.07, 6.45) is 0.915. The van der Waals surface area contributed by atoms with Crippen LogP contribution in [0.2, 0.25) is 0 Å². The summed E-state index contributed by atoms with van der Waals surface area (Å²) in [4.78, 5) is 14.5. The molecule has 1 saturated heterocycles. The highest BCUT2D eigenvalue weighted by molar-refractivity contribution is 7.92. The van der Waals surface area contributed by atoms with Crippen molar-refractivity contribution in [3.05, 3.63) is 59.2 Å². The lowest BCUT2D eigenvalue weighted by Gasteiger charge is -2.20. The Hall–Kier alpha value is -2.38. The summed E-state index contributed by atoms with van der Waals surface area (Å²) in [5, 5.41) is 3.26. The molecule has 2 aromatic rings. The van der Waals surface area contributed by atoms with Crippen LogP contribution in [0, 0.1) is 13.8 Å². The lowest BCUT2D eigenvalue weighted by atomic mass is 10.1. The molecule has 0 saturated carbocycles. The normalized spacial score (nSPS) is 15.3. The number of benzene rings is 2. The highest BCUT2D eigenvalue weighted by Crippen LogP contribution is 2.20. The van der Waals surface area contributed by atoms with Crippen LogP contribution in [0.5, 0.6) is 0 Å². The van der Waals surface area contributed by atoms with E-state index < -0.39 is 10.0 Å². The van der Waals surface area contributed by atoms with Gasteiger partial charge in [0.1, 0.15) is 0 Å². The molecular formula is C20H25N3O3S. The molecule has 0 spiro atoms. The molecule has 6 nitrogen and oxygen atoms in total. The maximum atomic E-state index is 12.6. The van der Waals surface area contributed by atoms with Gasteiger partial charge < -0.3 is 10.2 Å². The van der Waals surface area contributed by atoms with Gasteiger partial charge in [-0.05, 0) is 74.3 Å². The van der Waals surface area contributed by atoms with Crippen molar-refractivity contribution in [2.45, 2.75) is 25.2 Å². The minimum absolute atomic E-state index is 0.0650. The first-order valence-electron chi connectivity index (χ1n) is 9.07. The van der Waals surface area contributed by atoms with Gasteiger partial charge in [0.15, 0.2) is 0 Å². The summed E-state index contributed by atoms with van der Waals surface area (Å²) in [5.74, 6) is -0.0650. The number of aryl methyl sites for hydroxylation is 2. The molecule has 1 amide bonds. The second-order valence-electron chi connectivity index (χ2n) is 6.82. The van der Waals surface area contributed by atoms with Crippen molar-refractivity contribution in [3.63, 3.8) is 0 Å². The minimum atomic E-state index is -3.70. The molecule has 7 heteroatoms. The fraction of sp³-hybridized carbons (Fsp3) is 0.350. The van der Waals surface area contributed by atoms with Crippen molar-refractivity contribution in [3.8, 4) is 0 Å². The van der Waals surface area contributed by atoms with Gasteiger partial charge in [-0.15, -0.1) is 0 Å². The molecule has 3 rings (SSSR count). The number of carbonyl (C=O) groups excluding carboxylic acids is 1. The Morgan fingerprint density at radius 2 is 1.74 bits per heavy atom. The molecule has 0 bridgehead atoms. The van der Waals surface area contributed by atoms with Crippen LogP contribution in [0.1, 0.15) is 27.9 Å². The smallest absolute Gasteiger partial charge is 0.261 e. The zero-order valence-corrected chi connectivity index (χ0v) is 16.5. The molecule has 1 fully saturated rings. The predicted octanol–water partition coefficient (Wildman–Crippen LogP) is 2.54. The van der Waals surface area contributed by atoms with Gasteiger partial charge in [0.05, 0.1) is 4.90 Å². The number of hydrogen-bond donors (Lipinski definition) is 2. The van der Waals surface area contributed by atoms with E-state index >= 15 is 0 Å². The van der Waals surface area contributed by atoms with Crippen molar-refractivity contribution >= 4 is 21.6 Å². The quantitative estimate of drug-likeness (QED) is 0.845. The van der Waals surface area contributed by atoms with Gasteiger partial charge in [-0.1, -0.05) is 6.07 Å². The second-order valence-corrected chi connectivity index (χ2v) is 8.51. The summed E-state index contributed by atoms with van der Waals surface area (Å²) >= 11 is 0. The number of rotatable bonds is 4. The van der Waals surface area contributed by atoms with Gasteiger partial charge in [0.2, 0.25) is 0 Å². The zero-order chi connectivity index (χ0) is 19.4. The summed E-state index contributed by atoms with van der Waals surface area (Å²) in [5.41, 5.74) is 3.14. The number of anilines is 1. The number of hydrogen-bond acceptors (Lipinski definition) is 4. The standard InChI is InChI=1S/C20H25N3O3S/c1-15-4-7-18(14-16(15)2)22-27(25,26)19-8-5-17(6-9-19)20(24)23-12-3-10-21-11-13-23/h4-9,14,21-22H,3,10-13H2,1-2H3. The van der Waals surface area contributed by atoms with Crippen LogP contribution in [0.25, 0.3) is 0 Å². The van der Waals surface area contributed by atoms with E-state index in [1.807, 2.05) is 19.9 Å². The van der Waals surface area contributed by atoms with Gasteiger partial charge in [0.25, 0.3) is 15.9 Å². The van der Waals surface area contributed by atoms with E-state index in [-0.39, 0.29) is 10.8 Å². The minimum Gasteiger partial charge on any atom is -0.337 e. The maximum Gasteiger partial charge on any atom is 0.261 e. The topological polar surface area (TPSA) is 78.5 Å². The van der Waals surface area contributed by atoms with Gasteiger partial charge >= 0.3 is 0 Å². The lowest BCUT2D eigenvalue weighted by molar-refractivity contribution is 0.0766. The van der Waals surface area contributed by atoms with Crippen LogP contribution in [0.3, 0.4) is 0 Å². The van der Waals surface area contributed by atoms with E-state index in [4.69, 9.17) is 0 Å². The van der Waals surface area contributed by atoms with E-state index in [9.17, 15) is 13.2 Å². The predicted molar refractivity (Wildman–Crippen MR) is 107 cm³/mol. The molecule has 144 valence electrons. The fourth-order valence-electron chi connectivity index (χ4n) is 3.03. The Morgan fingerprint density at radius 3 is 2.44 bits per heavy atom. The van der Waals surface area contributed by atoms with Gasteiger partial charge in [0, 0.05) is 30.9 Å². The van der Waals surface area contributed by atoms with Gasteiger partial charge in [-0.2, -0.15) is 0 Å². The van der Waals surface area contributed by atoms with Crippen molar-refractivity contribution < 1.29 is 13.2 Å². The third-order valence-corrected chi connectivity index (χ3v) is 6.20. The Bertz CT molecular complexity index is 916. The summed E-state index contributed by atoms with van der Waals surface area (Å²) in [6.45, 7) is 6.96. The number of nitrogens with zero attached hydrogens (tertiary/aromatic N) is 1. The first-order chi connectivity index (χ1) is 12.9. The summed E-state index contributed by atoms with van der Waals surface area (Å²) < 4.78 is 27.8. The van der Waals surface area contributed by atoms with Crippen molar-refractivity contribution in [1.29, 1.82) is 0 Å². The molecule has 0 atom stereocenters. The van der Waals surface area contributed by atoms with Crippen LogP contribution in [0.4, 0.5) is 5.69 Å². The van der Waals surface area contributed by atoms with Crippen LogP contribution >= 0.6 is 0 Å². The molecule has 2 N–H and O–H groups in total. The van der Waals surface area contributed by atoms with E-state index in [1.54, 1.807) is 29.2 Å². The van der Waals surface area contributed by atoms with Crippen LogP contribution in [-0.4, -0.2) is 45.4 Å². The van der Waals surface area contributed by atoms with Gasteiger partial charge in [-0.3, -0.25) is 9.52 Å². The fourth-order valence-corrected chi connectivity index (χ4v) is 4.08. The number of carbonyl (C=O) groups is 1. The Labute approximate surface area is 160 Å². The van der Waals surface area contributed by atoms with Crippen LogP contribution < -0.4 is 10.0 Å². The maximum absolute atomic E-state index is 12.6. The van der Waals surface area contributed by atoms with Gasteiger partial charge in [-0.25, -0.2) is 8.42 Å². The first kappa shape index (κ1) is 19.4. The van der Waals surface area contributed by atoms with Crippen molar-refractivity contribution in [2.75, 3.05) is 30.9 Å². The number of nitrogens with one attached hydrogen (secondary N) is 2. The Morgan fingerprint density at radius 1 is 1.00 bits per heavy atom. The summed E-state index contributed by atoms with van der Waals surface area (Å²) in [7, 11) is -3.70. The SMILES string of the molecule is Cc1ccc(NS(=O)(=O)c2ccc(C(=O)N3CCCNCC3)cc2)cc1C. The highest BCUT2D eigenvalue weighted by Gasteiger charge is 2.19. The highest BCUT2D eigenvalue weighted by atomic mass is 32.2. The Kier molecular flexibility index (Phi) is 5.82. The average molecular weight is 388 g/mol. The second kappa shape index (κ2) is 8.10. The molecule has 27 heavy (non-hydrogen) atoms. The molecule has 0 aromatic heterocycles. The molecule has 1 heterocycles. The van der Waals surface area contributed by atoms with Crippen LogP contribution in [-0.2, 0) is 10.0 Å². The monoisotopic (exact) mass is 387 g/mol. The largest absolute Gasteiger partial charge is 0.337 e. The molecule has 1 aliphatic rings. The number of sulfonamides is 1. The van der Waals surface area contributed by atoms with E-state index in [2.05, 4.69) is 10.0 Å². The first-order valence-corrected chi connectivity index (χ1v) is 10.6. The average Bonchev–Trinajstić information content (AvgIpc) is 2.93. The molecule has 1 aliphatic heterocycles. The summed E-state index contributed by atoms with van der Waals surface area (Å²) in [6, 6.07) is 11.5. The van der Waals surface area contributed by atoms with E-state index in [0.29, 0.717) is 24.3 Å². The van der Waals surface area contributed by atoms with Crippen molar-refractivity contribution in [2.24, 2.45) is 0 Å². The Balaban J connectivity index is 1.75. The lowest BCUT2D eigenvalue weighted by Crippen LogP contribution is -2.34. The molecule has 0 aliphatic carbocycles. The zero-order valence-electron chi connectivity index (χ0n) is 15.7. The molecule has 2 aromatic carbocycles. The third kappa shape index (κ3) is 4.67. The van der Waals surface area contributed by atoms with Crippen LogP contribution in [0.15, 0.2) is 47.4 Å². The molecule has 0 radical (unpaired) electrons. The van der Waals surface area contributed by atoms with E-state index in [1.165, 1.54) is 12.1 Å². The number of amides is 1. The van der Waals surface area contributed by atoms with Crippen molar-refractivity contribution in [1.82, 2.24) is 10.2 Å².